The Balaban J connectivity index is 2.13. The fourth-order valence-electron chi connectivity index (χ4n) is 2.08. The standard InChI is InChI=1S/C15H8Cl3NO/c16-9-3-4-14-11(6-9)12(15(20)19-14)5-8-1-2-10(17)7-13(8)18/h1-7H,(H,19,20)/b12-5+. The first-order valence-corrected chi connectivity index (χ1v) is 6.96. The maximum atomic E-state index is 12.0. The van der Waals surface area contributed by atoms with Gasteiger partial charge in [0.2, 0.25) is 0 Å². The molecule has 1 aliphatic heterocycles. The largest absolute Gasteiger partial charge is 0.321 e. The van der Waals surface area contributed by atoms with Crippen molar-refractivity contribution in [2.24, 2.45) is 0 Å². The lowest BCUT2D eigenvalue weighted by molar-refractivity contribution is -0.110. The summed E-state index contributed by atoms with van der Waals surface area (Å²) in [5, 5.41) is 4.41. The number of rotatable bonds is 1. The minimum Gasteiger partial charge on any atom is -0.321 e. The van der Waals surface area contributed by atoms with Gasteiger partial charge in [0.15, 0.2) is 0 Å². The highest BCUT2D eigenvalue weighted by Gasteiger charge is 2.24. The van der Waals surface area contributed by atoms with Gasteiger partial charge in [0.1, 0.15) is 0 Å². The second-order valence-electron chi connectivity index (χ2n) is 4.37. The van der Waals surface area contributed by atoms with Crippen molar-refractivity contribution in [2.75, 3.05) is 5.32 Å². The second-order valence-corrected chi connectivity index (χ2v) is 5.65. The van der Waals surface area contributed by atoms with Crippen molar-refractivity contribution in [3.8, 4) is 0 Å². The molecule has 3 rings (SSSR count). The van der Waals surface area contributed by atoms with Gasteiger partial charge in [-0.2, -0.15) is 0 Å². The van der Waals surface area contributed by atoms with Gasteiger partial charge in [-0.25, -0.2) is 0 Å². The topological polar surface area (TPSA) is 29.1 Å². The van der Waals surface area contributed by atoms with E-state index in [0.717, 1.165) is 16.8 Å². The minimum absolute atomic E-state index is 0.173. The summed E-state index contributed by atoms with van der Waals surface area (Å²) in [7, 11) is 0. The molecule has 0 radical (unpaired) electrons. The van der Waals surface area contributed by atoms with E-state index < -0.39 is 0 Å². The van der Waals surface area contributed by atoms with Gasteiger partial charge in [0, 0.05) is 31.9 Å². The second kappa shape index (κ2) is 5.13. The number of fused-ring (bicyclic) bond motifs is 1. The molecular weight excluding hydrogens is 317 g/mol. The zero-order valence-corrected chi connectivity index (χ0v) is 12.4. The first kappa shape index (κ1) is 13.5. The van der Waals surface area contributed by atoms with Crippen molar-refractivity contribution in [1.82, 2.24) is 0 Å². The lowest BCUT2D eigenvalue weighted by Crippen LogP contribution is -2.03. The molecule has 0 fully saturated rings. The predicted octanol–water partition coefficient (Wildman–Crippen LogP) is 5.14. The Morgan fingerprint density at radius 1 is 0.950 bits per heavy atom. The number of carbonyl (C=O) groups is 1. The molecular formula is C15H8Cl3NO. The third-order valence-corrected chi connectivity index (χ3v) is 3.82. The van der Waals surface area contributed by atoms with Gasteiger partial charge < -0.3 is 5.32 Å². The van der Waals surface area contributed by atoms with Crippen LogP contribution in [0.3, 0.4) is 0 Å². The van der Waals surface area contributed by atoms with Crippen LogP contribution >= 0.6 is 34.8 Å². The van der Waals surface area contributed by atoms with Gasteiger partial charge >= 0.3 is 0 Å². The van der Waals surface area contributed by atoms with Gasteiger partial charge in [0.05, 0.1) is 0 Å². The van der Waals surface area contributed by atoms with Crippen LogP contribution in [0.25, 0.3) is 11.6 Å². The zero-order chi connectivity index (χ0) is 14.3. The lowest BCUT2D eigenvalue weighted by Gasteiger charge is -2.02. The van der Waals surface area contributed by atoms with Crippen LogP contribution in [0, 0.1) is 0 Å². The van der Waals surface area contributed by atoms with Crippen molar-refractivity contribution >= 4 is 58.0 Å². The maximum absolute atomic E-state index is 12.0. The number of halogens is 3. The van der Waals surface area contributed by atoms with Gasteiger partial charge in [0.25, 0.3) is 5.91 Å². The van der Waals surface area contributed by atoms with Crippen molar-refractivity contribution in [3.05, 3.63) is 62.6 Å². The van der Waals surface area contributed by atoms with Crippen LogP contribution in [-0.2, 0) is 4.79 Å². The molecule has 1 N–H and O–H groups in total. The fraction of sp³-hybridized carbons (Fsp3) is 0. The Labute approximate surface area is 131 Å². The molecule has 1 amide bonds. The number of anilines is 1. The Kier molecular flexibility index (Phi) is 3.47. The van der Waals surface area contributed by atoms with Gasteiger partial charge in [-0.1, -0.05) is 40.9 Å². The number of nitrogens with one attached hydrogen (secondary N) is 1. The summed E-state index contributed by atoms with van der Waals surface area (Å²) in [6, 6.07) is 10.4. The molecule has 0 spiro atoms. The number of hydrogen-bond acceptors (Lipinski definition) is 1. The molecule has 0 atom stereocenters. The van der Waals surface area contributed by atoms with Crippen LogP contribution in [0.4, 0.5) is 5.69 Å². The van der Waals surface area contributed by atoms with E-state index in [2.05, 4.69) is 5.32 Å². The van der Waals surface area contributed by atoms with Crippen molar-refractivity contribution in [1.29, 1.82) is 0 Å². The Morgan fingerprint density at radius 2 is 1.65 bits per heavy atom. The first-order chi connectivity index (χ1) is 9.54. The van der Waals surface area contributed by atoms with Crippen molar-refractivity contribution in [2.45, 2.75) is 0 Å². The molecule has 0 aliphatic carbocycles. The highest BCUT2D eigenvalue weighted by atomic mass is 35.5. The Bertz CT molecular complexity index is 753. The molecule has 2 nitrogen and oxygen atoms in total. The Hall–Kier alpha value is -1.48. The van der Waals surface area contributed by atoms with Crippen LogP contribution in [0.5, 0.6) is 0 Å². The molecule has 0 aromatic heterocycles. The first-order valence-electron chi connectivity index (χ1n) is 5.82. The summed E-state index contributed by atoms with van der Waals surface area (Å²) in [6.07, 6.45) is 1.73. The summed E-state index contributed by atoms with van der Waals surface area (Å²) in [5.74, 6) is -0.173. The SMILES string of the molecule is O=C1Nc2ccc(Cl)cc2/C1=C\c1ccc(Cl)cc1Cl. The summed E-state index contributed by atoms with van der Waals surface area (Å²) >= 11 is 18.0. The van der Waals surface area contributed by atoms with Crippen LogP contribution in [0.2, 0.25) is 15.1 Å². The van der Waals surface area contributed by atoms with Gasteiger partial charge in [-0.15, -0.1) is 0 Å². The fourth-order valence-corrected chi connectivity index (χ4v) is 2.71. The van der Waals surface area contributed by atoms with Gasteiger partial charge in [-0.05, 0) is 42.0 Å². The third kappa shape index (κ3) is 2.42. The summed E-state index contributed by atoms with van der Waals surface area (Å²) in [5.41, 5.74) is 2.78. The number of carbonyl (C=O) groups excluding carboxylic acids is 1. The van der Waals surface area contributed by atoms with E-state index in [1.165, 1.54) is 0 Å². The zero-order valence-electron chi connectivity index (χ0n) is 10.1. The van der Waals surface area contributed by atoms with E-state index in [1.54, 1.807) is 42.5 Å². The molecule has 2 aromatic carbocycles. The van der Waals surface area contributed by atoms with E-state index in [0.29, 0.717) is 20.6 Å². The molecule has 2 aromatic rings. The smallest absolute Gasteiger partial charge is 0.256 e. The van der Waals surface area contributed by atoms with Crippen LogP contribution < -0.4 is 5.32 Å². The summed E-state index contributed by atoms with van der Waals surface area (Å²) < 4.78 is 0. The van der Waals surface area contributed by atoms with Crippen LogP contribution in [0.15, 0.2) is 36.4 Å². The molecule has 100 valence electrons. The summed E-state index contributed by atoms with van der Waals surface area (Å²) in [6.45, 7) is 0. The minimum atomic E-state index is -0.173. The highest BCUT2D eigenvalue weighted by Crippen LogP contribution is 2.36. The number of amides is 1. The molecule has 20 heavy (non-hydrogen) atoms. The average Bonchev–Trinajstić information content (AvgIpc) is 2.69. The van der Waals surface area contributed by atoms with E-state index >= 15 is 0 Å². The molecule has 0 bridgehead atoms. The predicted molar refractivity (Wildman–Crippen MR) is 84.4 cm³/mol. The average molecular weight is 325 g/mol. The van der Waals surface area contributed by atoms with Gasteiger partial charge in [-0.3, -0.25) is 4.79 Å². The van der Waals surface area contributed by atoms with E-state index in [-0.39, 0.29) is 5.91 Å². The maximum Gasteiger partial charge on any atom is 0.256 e. The van der Waals surface area contributed by atoms with E-state index in [4.69, 9.17) is 34.8 Å². The molecule has 0 saturated carbocycles. The number of hydrogen-bond donors (Lipinski definition) is 1. The normalized spacial score (nSPS) is 15.3. The Morgan fingerprint density at radius 3 is 2.40 bits per heavy atom. The van der Waals surface area contributed by atoms with Crippen LogP contribution in [-0.4, -0.2) is 5.91 Å². The molecule has 1 aliphatic rings. The van der Waals surface area contributed by atoms with E-state index in [9.17, 15) is 4.79 Å². The highest BCUT2D eigenvalue weighted by molar-refractivity contribution is 6.39. The van der Waals surface area contributed by atoms with Crippen molar-refractivity contribution in [3.63, 3.8) is 0 Å². The number of benzene rings is 2. The third-order valence-electron chi connectivity index (χ3n) is 3.03. The van der Waals surface area contributed by atoms with E-state index in [1.807, 2.05) is 0 Å². The van der Waals surface area contributed by atoms with Crippen molar-refractivity contribution < 1.29 is 4.79 Å². The molecule has 0 saturated heterocycles. The molecule has 0 unspecified atom stereocenters. The molecule has 1 heterocycles. The lowest BCUT2D eigenvalue weighted by atomic mass is 10.0. The van der Waals surface area contributed by atoms with Crippen LogP contribution in [0.1, 0.15) is 11.1 Å². The summed E-state index contributed by atoms with van der Waals surface area (Å²) in [4.78, 5) is 12.0. The monoisotopic (exact) mass is 323 g/mol. The molecule has 5 heteroatoms. The quantitative estimate of drug-likeness (QED) is 0.723.